The van der Waals surface area contributed by atoms with Crippen LogP contribution in [-0.4, -0.2) is 165 Å². The van der Waals surface area contributed by atoms with E-state index in [1.165, 1.54) is 0 Å². The second kappa shape index (κ2) is 13.9. The van der Waals surface area contributed by atoms with Gasteiger partial charge in [-0.15, -0.1) is 0 Å². The van der Waals surface area contributed by atoms with E-state index < -0.39 is 110 Å². The van der Waals surface area contributed by atoms with Crippen LogP contribution in [0.3, 0.4) is 0 Å². The van der Waals surface area contributed by atoms with Gasteiger partial charge in [0.15, 0.2) is 18.2 Å². The number of nitrogens with one attached hydrogen (secondary N) is 2. The molecular formula is C24H46N6O12. The number of rotatable bonds is 11. The van der Waals surface area contributed by atoms with E-state index in [-0.39, 0.29) is 39.0 Å². The summed E-state index contributed by atoms with van der Waals surface area (Å²) in [4.78, 5) is 12.8. The number of carbonyl (C=O) groups is 1. The molecule has 17 N–H and O–H groups in total. The molecule has 4 fully saturated rings. The van der Waals surface area contributed by atoms with Crippen LogP contribution in [0.15, 0.2) is 0 Å². The van der Waals surface area contributed by atoms with E-state index in [9.17, 15) is 35.4 Å². The van der Waals surface area contributed by atoms with E-state index >= 15 is 0 Å². The van der Waals surface area contributed by atoms with E-state index in [1.807, 2.05) is 0 Å². The first kappa shape index (κ1) is 33.7. The Morgan fingerprint density at radius 2 is 1.52 bits per heavy atom. The third-order valence-corrected chi connectivity index (χ3v) is 8.47. The molecule has 42 heavy (non-hydrogen) atoms. The van der Waals surface area contributed by atoms with Gasteiger partial charge in [-0.3, -0.25) is 4.79 Å². The van der Waals surface area contributed by atoms with Crippen molar-refractivity contribution in [3.63, 3.8) is 0 Å². The van der Waals surface area contributed by atoms with Crippen LogP contribution in [0, 0.1) is 0 Å². The van der Waals surface area contributed by atoms with Crippen molar-refractivity contribution in [1.82, 2.24) is 10.6 Å². The zero-order valence-corrected chi connectivity index (χ0v) is 23.1. The van der Waals surface area contributed by atoms with Crippen molar-refractivity contribution in [1.29, 1.82) is 0 Å². The van der Waals surface area contributed by atoms with E-state index in [0.29, 0.717) is 0 Å². The fourth-order valence-electron chi connectivity index (χ4n) is 5.65. The van der Waals surface area contributed by atoms with E-state index in [1.54, 1.807) is 0 Å². The highest BCUT2D eigenvalue weighted by molar-refractivity contribution is 5.89. The van der Waals surface area contributed by atoms with Crippen LogP contribution in [0.2, 0.25) is 0 Å². The van der Waals surface area contributed by atoms with Crippen LogP contribution >= 0.6 is 0 Å². The molecule has 0 aromatic rings. The van der Waals surface area contributed by atoms with Gasteiger partial charge in [0, 0.05) is 31.6 Å². The number of aliphatic hydroxyl groups excluding tert-OH is 6. The van der Waals surface area contributed by atoms with Crippen LogP contribution < -0.4 is 33.6 Å². The van der Waals surface area contributed by atoms with Gasteiger partial charge in [-0.1, -0.05) is 0 Å². The second-order valence-electron chi connectivity index (χ2n) is 11.6. The average molecular weight is 611 g/mol. The summed E-state index contributed by atoms with van der Waals surface area (Å²) in [6.07, 6.45) is -12.6. The molecule has 2 aliphatic carbocycles. The molecule has 2 saturated carbocycles. The van der Waals surface area contributed by atoms with Gasteiger partial charge in [-0.25, -0.2) is 0 Å². The monoisotopic (exact) mass is 610 g/mol. The molecule has 18 heteroatoms. The van der Waals surface area contributed by atoms with Gasteiger partial charge in [0.2, 0.25) is 0 Å². The van der Waals surface area contributed by atoms with Crippen LogP contribution in [-0.2, 0) is 23.7 Å². The van der Waals surface area contributed by atoms with Crippen molar-refractivity contribution in [2.45, 2.75) is 116 Å². The summed E-state index contributed by atoms with van der Waals surface area (Å²) in [6, 6.07) is -4.81. The summed E-state index contributed by atoms with van der Waals surface area (Å²) in [7, 11) is 0. The molecule has 16 atom stereocenters. The fourth-order valence-corrected chi connectivity index (χ4v) is 5.65. The SMILES string of the molecule is NC1CC1(O)C(=O)N[C@@H]1C[C@H](N)C(O[C@H]2O[C@H](CNCCO)[C@@H](O)C[C@H]2N)[C@H](O)[C@H]1O[C@H]1O[C@H](CO)[C@@H](O)[C@H](N)[C@H]1O. The summed E-state index contributed by atoms with van der Waals surface area (Å²) < 4.78 is 23.4. The summed E-state index contributed by atoms with van der Waals surface area (Å²) in [5.74, 6) is -0.803. The maximum Gasteiger partial charge on any atom is 0.253 e. The third-order valence-electron chi connectivity index (χ3n) is 8.47. The molecule has 0 bridgehead atoms. The highest BCUT2D eigenvalue weighted by Crippen LogP contribution is 2.36. The lowest BCUT2D eigenvalue weighted by Gasteiger charge is -2.48. The first-order valence-corrected chi connectivity index (χ1v) is 14.1. The summed E-state index contributed by atoms with van der Waals surface area (Å²) in [5, 5.41) is 77.3. The molecule has 2 heterocycles. The van der Waals surface area contributed by atoms with Crippen LogP contribution in [0.4, 0.5) is 0 Å². The lowest BCUT2D eigenvalue weighted by atomic mass is 9.83. The Hall–Kier alpha value is -1.17. The Kier molecular flexibility index (Phi) is 11.1. The normalized spacial score (nSPS) is 49.5. The van der Waals surface area contributed by atoms with Gasteiger partial charge >= 0.3 is 0 Å². The smallest absolute Gasteiger partial charge is 0.253 e. The first-order valence-electron chi connectivity index (χ1n) is 14.1. The Bertz CT molecular complexity index is 910. The lowest BCUT2D eigenvalue weighted by Crippen LogP contribution is -2.69. The van der Waals surface area contributed by atoms with E-state index in [4.69, 9.17) is 47.0 Å². The number of amides is 1. The maximum absolute atomic E-state index is 12.8. The number of aliphatic hydroxyl groups is 7. The summed E-state index contributed by atoms with van der Waals surface area (Å²) in [5.41, 5.74) is 22.4. The van der Waals surface area contributed by atoms with Gasteiger partial charge < -0.3 is 88.3 Å². The minimum absolute atomic E-state index is 0.0316. The zero-order chi connectivity index (χ0) is 30.9. The highest BCUT2D eigenvalue weighted by atomic mass is 16.7. The lowest BCUT2D eigenvalue weighted by molar-refractivity contribution is -0.316. The minimum atomic E-state index is -1.80. The van der Waals surface area contributed by atoms with Crippen LogP contribution in [0.25, 0.3) is 0 Å². The van der Waals surface area contributed by atoms with Crippen molar-refractivity contribution in [2.75, 3.05) is 26.3 Å². The number of hydrogen-bond acceptors (Lipinski definition) is 17. The summed E-state index contributed by atoms with van der Waals surface area (Å²) in [6.45, 7) is -0.299. The molecule has 18 nitrogen and oxygen atoms in total. The molecule has 4 rings (SSSR count). The molecule has 1 amide bonds. The Labute approximate surface area is 242 Å². The van der Waals surface area contributed by atoms with Crippen LogP contribution in [0.1, 0.15) is 19.3 Å². The molecular weight excluding hydrogens is 564 g/mol. The number of ether oxygens (including phenoxy) is 4. The number of hydrogen-bond donors (Lipinski definition) is 13. The molecule has 4 aliphatic rings. The topological polar surface area (TPSA) is 324 Å². The summed E-state index contributed by atoms with van der Waals surface area (Å²) >= 11 is 0. The number of carbonyl (C=O) groups excluding carboxylic acids is 1. The standard InChI is InChI=1S/C24H46N6O12/c25-8-3-10(30-23(37)24(38)5-14(24)27)20(42-22-17(35)15(28)16(34)13(7-32)40-22)18(36)19(8)41-21-9(26)4-11(33)12(39-21)6-29-1-2-31/h8-22,29,31-36,38H,1-7,25-28H2,(H,30,37)/t8-,9+,10+,11-,12+,13+,14?,15-,16+,17+,18-,19?,20-,21+,22+,24?/m0/s1. The maximum atomic E-state index is 12.8. The molecule has 2 saturated heterocycles. The quantitative estimate of drug-likeness (QED) is 0.0965. The van der Waals surface area contributed by atoms with Crippen molar-refractivity contribution < 1.29 is 59.5 Å². The third kappa shape index (κ3) is 7.04. The molecule has 244 valence electrons. The Morgan fingerprint density at radius 3 is 2.14 bits per heavy atom. The van der Waals surface area contributed by atoms with Gasteiger partial charge in [-0.2, -0.15) is 0 Å². The highest BCUT2D eigenvalue weighted by Gasteiger charge is 2.59. The Balaban J connectivity index is 1.52. The van der Waals surface area contributed by atoms with Crippen LogP contribution in [0.5, 0.6) is 0 Å². The Morgan fingerprint density at radius 1 is 0.881 bits per heavy atom. The molecule has 0 aromatic carbocycles. The molecule has 0 aromatic heterocycles. The van der Waals surface area contributed by atoms with Gasteiger partial charge in [0.05, 0.1) is 43.5 Å². The van der Waals surface area contributed by atoms with Gasteiger partial charge in [0.1, 0.15) is 36.6 Å². The van der Waals surface area contributed by atoms with Gasteiger partial charge in [-0.05, 0) is 12.8 Å². The van der Waals surface area contributed by atoms with Crippen molar-refractivity contribution in [2.24, 2.45) is 22.9 Å². The number of nitrogens with two attached hydrogens (primary N) is 4. The van der Waals surface area contributed by atoms with E-state index in [0.717, 1.165) is 0 Å². The first-order chi connectivity index (χ1) is 19.8. The molecule has 0 radical (unpaired) electrons. The molecule has 0 spiro atoms. The fraction of sp³-hybridized carbons (Fsp3) is 0.958. The van der Waals surface area contributed by atoms with E-state index in [2.05, 4.69) is 10.6 Å². The second-order valence-corrected chi connectivity index (χ2v) is 11.6. The minimum Gasteiger partial charge on any atom is -0.395 e. The predicted molar refractivity (Wildman–Crippen MR) is 141 cm³/mol. The van der Waals surface area contributed by atoms with Gasteiger partial charge in [0.25, 0.3) is 5.91 Å². The van der Waals surface area contributed by atoms with Crippen molar-refractivity contribution in [3.05, 3.63) is 0 Å². The zero-order valence-electron chi connectivity index (χ0n) is 23.1. The van der Waals surface area contributed by atoms with Crippen molar-refractivity contribution in [3.8, 4) is 0 Å². The van der Waals surface area contributed by atoms with Crippen molar-refractivity contribution >= 4 is 5.91 Å². The molecule has 2 aliphatic heterocycles. The predicted octanol–water partition coefficient (Wildman–Crippen LogP) is -8.05. The average Bonchev–Trinajstić information content (AvgIpc) is 3.57. The molecule has 3 unspecified atom stereocenters. The largest absolute Gasteiger partial charge is 0.395 e.